The van der Waals surface area contributed by atoms with Crippen LogP contribution in [0.3, 0.4) is 0 Å². The van der Waals surface area contributed by atoms with Gasteiger partial charge in [-0.2, -0.15) is 0 Å². The maximum Gasteiger partial charge on any atom is 0.269 e. The molecule has 0 fully saturated rings. The fraction of sp³-hybridized carbons (Fsp3) is 0.176. The van der Waals surface area contributed by atoms with E-state index >= 15 is 0 Å². The van der Waals surface area contributed by atoms with Crippen molar-refractivity contribution in [3.05, 3.63) is 75.8 Å². The summed E-state index contributed by atoms with van der Waals surface area (Å²) >= 11 is 1.47. The minimum atomic E-state index is -0.418. The molecular formula is C17H15N3O3S. The predicted molar refractivity (Wildman–Crippen MR) is 94.2 cm³/mol. The van der Waals surface area contributed by atoms with Crippen molar-refractivity contribution in [1.29, 1.82) is 0 Å². The number of nitro groups is 1. The van der Waals surface area contributed by atoms with Crippen LogP contribution < -0.4 is 0 Å². The van der Waals surface area contributed by atoms with Gasteiger partial charge in [-0.15, -0.1) is 0 Å². The van der Waals surface area contributed by atoms with Gasteiger partial charge in [0.1, 0.15) is 0 Å². The van der Waals surface area contributed by atoms with E-state index in [4.69, 9.17) is 0 Å². The Bertz CT molecular complexity index is 775. The van der Waals surface area contributed by atoms with E-state index in [9.17, 15) is 14.9 Å². The first kappa shape index (κ1) is 16.2. The van der Waals surface area contributed by atoms with Crippen molar-refractivity contribution < 1.29 is 9.72 Å². The number of hydrogen-bond donors (Lipinski definition) is 0. The molecular weight excluding hydrogens is 326 g/mol. The highest BCUT2D eigenvalue weighted by molar-refractivity contribution is 8.13. The number of hydrogen-bond acceptors (Lipinski definition) is 5. The van der Waals surface area contributed by atoms with Gasteiger partial charge in [-0.1, -0.05) is 42.1 Å². The number of benzene rings is 2. The van der Waals surface area contributed by atoms with E-state index in [1.165, 1.54) is 23.9 Å². The second kappa shape index (κ2) is 7.27. The third-order valence-electron chi connectivity index (χ3n) is 3.58. The quantitative estimate of drug-likeness (QED) is 0.631. The molecule has 0 atom stereocenters. The van der Waals surface area contributed by atoms with Gasteiger partial charge in [0.15, 0.2) is 5.17 Å². The zero-order valence-corrected chi connectivity index (χ0v) is 13.6. The Hall–Kier alpha value is -2.67. The zero-order chi connectivity index (χ0) is 16.9. The summed E-state index contributed by atoms with van der Waals surface area (Å²) in [5.74, 6) is 0.554. The van der Waals surface area contributed by atoms with E-state index in [0.29, 0.717) is 29.6 Å². The maximum atomic E-state index is 12.5. The third-order valence-corrected chi connectivity index (χ3v) is 4.67. The molecule has 122 valence electrons. The molecule has 2 aromatic rings. The van der Waals surface area contributed by atoms with Crippen LogP contribution >= 0.6 is 11.8 Å². The highest BCUT2D eigenvalue weighted by Crippen LogP contribution is 2.22. The minimum Gasteiger partial charge on any atom is -0.286 e. The van der Waals surface area contributed by atoms with Crippen molar-refractivity contribution in [2.75, 3.05) is 13.1 Å². The molecule has 1 aliphatic rings. The summed E-state index contributed by atoms with van der Waals surface area (Å²) in [6.45, 7) is 1.18. The molecule has 0 N–H and O–H groups in total. The average Bonchev–Trinajstić information content (AvgIpc) is 3.09. The molecule has 7 heteroatoms. The number of nitrogens with zero attached hydrogens (tertiary/aromatic N) is 3. The predicted octanol–water partition coefficient (Wildman–Crippen LogP) is 3.34. The number of carbonyl (C=O) groups excluding carboxylic acids is 1. The summed E-state index contributed by atoms with van der Waals surface area (Å²) in [5, 5.41) is 11.4. The number of aliphatic imine (C=N–C) groups is 1. The van der Waals surface area contributed by atoms with Crippen LogP contribution in [-0.2, 0) is 5.75 Å². The number of thioether (sulfide) groups is 1. The molecule has 1 aliphatic heterocycles. The standard InChI is InChI=1S/C17H15N3O3S/c21-16(14-4-2-1-3-5-14)19-11-10-18-17(19)24-12-13-6-8-15(9-7-13)20(22)23/h1-9H,10-12H2. The lowest BCUT2D eigenvalue weighted by Gasteiger charge is -2.17. The Morgan fingerprint density at radius 3 is 2.54 bits per heavy atom. The molecule has 1 heterocycles. The summed E-state index contributed by atoms with van der Waals surface area (Å²) in [5.41, 5.74) is 1.66. The molecule has 3 rings (SSSR count). The third kappa shape index (κ3) is 3.62. The molecule has 0 radical (unpaired) electrons. The maximum absolute atomic E-state index is 12.5. The van der Waals surface area contributed by atoms with Crippen molar-refractivity contribution in [3.63, 3.8) is 0 Å². The molecule has 0 aromatic heterocycles. The van der Waals surface area contributed by atoms with E-state index in [1.807, 2.05) is 18.2 Å². The number of nitro benzene ring substituents is 1. The lowest BCUT2D eigenvalue weighted by molar-refractivity contribution is -0.384. The van der Waals surface area contributed by atoms with Gasteiger partial charge < -0.3 is 0 Å². The average molecular weight is 341 g/mol. The van der Waals surface area contributed by atoms with Crippen LogP contribution in [0.1, 0.15) is 15.9 Å². The first-order valence-electron chi connectivity index (χ1n) is 7.42. The second-order valence-corrected chi connectivity index (χ2v) is 6.14. The summed E-state index contributed by atoms with van der Waals surface area (Å²) < 4.78 is 0. The van der Waals surface area contributed by atoms with Crippen molar-refractivity contribution in [3.8, 4) is 0 Å². The Labute approximate surface area is 143 Å². The van der Waals surface area contributed by atoms with Crippen molar-refractivity contribution >= 4 is 28.5 Å². The van der Waals surface area contributed by atoms with Crippen LogP contribution in [0.2, 0.25) is 0 Å². The summed E-state index contributed by atoms with van der Waals surface area (Å²) in [6.07, 6.45) is 0. The first-order valence-corrected chi connectivity index (χ1v) is 8.41. The fourth-order valence-corrected chi connectivity index (χ4v) is 3.34. The molecule has 2 aromatic carbocycles. The Morgan fingerprint density at radius 1 is 1.17 bits per heavy atom. The summed E-state index contributed by atoms with van der Waals surface area (Å²) in [6, 6.07) is 15.6. The van der Waals surface area contributed by atoms with E-state index < -0.39 is 4.92 Å². The molecule has 0 aliphatic carbocycles. The van der Waals surface area contributed by atoms with Gasteiger partial charge in [0, 0.05) is 30.0 Å². The fourth-order valence-electron chi connectivity index (χ4n) is 2.34. The van der Waals surface area contributed by atoms with Gasteiger partial charge in [-0.05, 0) is 17.7 Å². The van der Waals surface area contributed by atoms with Gasteiger partial charge in [0.05, 0.1) is 11.5 Å². The molecule has 0 saturated heterocycles. The Kier molecular flexibility index (Phi) is 4.90. The first-order chi connectivity index (χ1) is 11.6. The molecule has 24 heavy (non-hydrogen) atoms. The van der Waals surface area contributed by atoms with Crippen LogP contribution in [0.25, 0.3) is 0 Å². The lowest BCUT2D eigenvalue weighted by atomic mass is 10.2. The van der Waals surface area contributed by atoms with Crippen LogP contribution in [0.4, 0.5) is 5.69 Å². The molecule has 0 spiro atoms. The van der Waals surface area contributed by atoms with Crippen molar-refractivity contribution in [2.24, 2.45) is 4.99 Å². The zero-order valence-electron chi connectivity index (χ0n) is 12.8. The topological polar surface area (TPSA) is 75.8 Å². The van der Waals surface area contributed by atoms with Crippen LogP contribution in [0.5, 0.6) is 0 Å². The number of rotatable bonds is 4. The monoisotopic (exact) mass is 341 g/mol. The second-order valence-electron chi connectivity index (χ2n) is 5.20. The number of amidine groups is 1. The molecule has 0 unspecified atom stereocenters. The van der Waals surface area contributed by atoms with E-state index in [-0.39, 0.29) is 11.6 Å². The van der Waals surface area contributed by atoms with Crippen LogP contribution in [0.15, 0.2) is 59.6 Å². The van der Waals surface area contributed by atoms with Gasteiger partial charge in [-0.3, -0.25) is 24.8 Å². The lowest BCUT2D eigenvalue weighted by Crippen LogP contribution is -2.32. The molecule has 0 bridgehead atoms. The SMILES string of the molecule is O=C(c1ccccc1)N1CCN=C1SCc1ccc([N+](=O)[O-])cc1. The smallest absolute Gasteiger partial charge is 0.269 e. The van der Waals surface area contributed by atoms with Gasteiger partial charge in [-0.25, -0.2) is 0 Å². The van der Waals surface area contributed by atoms with E-state index in [1.54, 1.807) is 29.2 Å². The number of non-ortho nitro benzene ring substituents is 1. The number of carbonyl (C=O) groups is 1. The number of amides is 1. The van der Waals surface area contributed by atoms with Crippen LogP contribution in [-0.4, -0.2) is 34.0 Å². The van der Waals surface area contributed by atoms with Gasteiger partial charge >= 0.3 is 0 Å². The van der Waals surface area contributed by atoms with Gasteiger partial charge in [0.2, 0.25) is 0 Å². The summed E-state index contributed by atoms with van der Waals surface area (Å²) in [7, 11) is 0. The van der Waals surface area contributed by atoms with Gasteiger partial charge in [0.25, 0.3) is 11.6 Å². The van der Waals surface area contributed by atoms with Crippen molar-refractivity contribution in [1.82, 2.24) is 4.90 Å². The minimum absolute atomic E-state index is 0.0527. The van der Waals surface area contributed by atoms with E-state index in [0.717, 1.165) is 5.56 Å². The normalized spacial score (nSPS) is 13.7. The summed E-state index contributed by atoms with van der Waals surface area (Å²) in [4.78, 5) is 28.9. The molecule has 1 amide bonds. The van der Waals surface area contributed by atoms with Crippen LogP contribution in [0, 0.1) is 10.1 Å². The Balaban J connectivity index is 1.64. The molecule has 6 nitrogen and oxygen atoms in total. The highest BCUT2D eigenvalue weighted by Gasteiger charge is 2.24. The van der Waals surface area contributed by atoms with E-state index in [2.05, 4.69) is 4.99 Å². The van der Waals surface area contributed by atoms with Crippen molar-refractivity contribution in [2.45, 2.75) is 5.75 Å². The highest BCUT2D eigenvalue weighted by atomic mass is 32.2. The Morgan fingerprint density at radius 2 is 1.88 bits per heavy atom. The molecule has 0 saturated carbocycles. The largest absolute Gasteiger partial charge is 0.286 e.